The van der Waals surface area contributed by atoms with Gasteiger partial charge in [0.1, 0.15) is 11.6 Å². The zero-order valence-electron chi connectivity index (χ0n) is 21.7. The largest absolute Gasteiger partial charge is 0.488 e. The first kappa shape index (κ1) is 32.1. The van der Waals surface area contributed by atoms with Gasteiger partial charge in [-0.3, -0.25) is 0 Å². The quantitative estimate of drug-likeness (QED) is 0.222. The molecule has 0 aliphatic rings. The summed E-state index contributed by atoms with van der Waals surface area (Å²) in [4.78, 5) is 0. The molecular weight excluding hydrogens is 569 g/mol. The highest BCUT2D eigenvalue weighted by atomic mass is 19.4. The number of halogens is 9. The number of hydrogen-bond donors (Lipinski definition) is 2. The van der Waals surface area contributed by atoms with Crippen molar-refractivity contribution in [2.24, 2.45) is 0 Å². The Balaban J connectivity index is 2.31. The van der Waals surface area contributed by atoms with Crippen molar-refractivity contribution in [1.82, 2.24) is 5.32 Å². The highest BCUT2D eigenvalue weighted by Gasteiger charge is 2.45. The lowest BCUT2D eigenvalue weighted by molar-refractivity contribution is -0.253. The van der Waals surface area contributed by atoms with Gasteiger partial charge in [-0.25, -0.2) is 8.78 Å². The van der Waals surface area contributed by atoms with Crippen LogP contribution in [0.1, 0.15) is 30.5 Å². The minimum atomic E-state index is -5.09. The number of aliphatic hydroxyl groups is 1. The molecule has 0 saturated heterocycles. The smallest absolute Gasteiger partial charge is 0.461 e. The fourth-order valence-corrected chi connectivity index (χ4v) is 4.11. The van der Waals surface area contributed by atoms with E-state index < -0.39 is 60.4 Å². The van der Waals surface area contributed by atoms with E-state index in [4.69, 9.17) is 4.74 Å². The maximum absolute atomic E-state index is 14.8. The average Bonchev–Trinajstić information content (AvgIpc) is 2.86. The molecule has 0 unspecified atom stereocenters. The summed E-state index contributed by atoms with van der Waals surface area (Å²) in [5.74, 6) is -3.47. The number of rotatable bonds is 12. The fraction of sp³-hybridized carbons (Fsp3) is 0.357. The van der Waals surface area contributed by atoms with Crippen LogP contribution in [0.5, 0.6) is 11.5 Å². The lowest BCUT2D eigenvalue weighted by Crippen LogP contribution is -2.51. The van der Waals surface area contributed by atoms with Gasteiger partial charge in [-0.1, -0.05) is 36.4 Å². The molecule has 0 spiro atoms. The molecule has 0 amide bonds. The van der Waals surface area contributed by atoms with E-state index in [-0.39, 0.29) is 23.3 Å². The SMILES string of the molecule is CC(C)Oc1cc([C@@](Cc2ccccc2)(NC[C@H](O)C(F)(F)F)c2cc(F)cc(OC(F)(F)C(F)F)c2)ccc1F. The second-order valence-electron chi connectivity index (χ2n) is 9.46. The first-order valence-corrected chi connectivity index (χ1v) is 12.2. The molecule has 0 radical (unpaired) electrons. The van der Waals surface area contributed by atoms with E-state index in [9.17, 15) is 44.6 Å². The standard InChI is InChI=1S/C28H26F9NO3/c1-16(2)40-23-12-18(8-9-22(23)30)26(14-17-6-4-3-5-7-17,38-15-24(39)27(33,34)35)19-10-20(29)13-21(11-19)41-28(36,37)25(31)32/h3-13,16,24-25,38-39H,14-15H2,1-2H3/t24-,26+/m0/s1. The maximum atomic E-state index is 14.8. The van der Waals surface area contributed by atoms with Crippen LogP contribution < -0.4 is 14.8 Å². The van der Waals surface area contributed by atoms with Crippen molar-refractivity contribution in [2.75, 3.05) is 6.54 Å². The topological polar surface area (TPSA) is 50.7 Å². The van der Waals surface area contributed by atoms with Crippen LogP contribution in [0.2, 0.25) is 0 Å². The zero-order chi connectivity index (χ0) is 30.6. The van der Waals surface area contributed by atoms with Crippen molar-refractivity contribution in [3.8, 4) is 11.5 Å². The fourth-order valence-electron chi connectivity index (χ4n) is 4.11. The normalized spacial score (nSPS) is 14.7. The molecule has 41 heavy (non-hydrogen) atoms. The molecule has 3 aromatic rings. The van der Waals surface area contributed by atoms with Gasteiger partial charge in [0.15, 0.2) is 17.7 Å². The summed E-state index contributed by atoms with van der Waals surface area (Å²) in [7, 11) is 0. The summed E-state index contributed by atoms with van der Waals surface area (Å²) in [5.41, 5.74) is -1.94. The predicted molar refractivity (Wildman–Crippen MR) is 131 cm³/mol. The number of ether oxygens (including phenoxy) is 2. The summed E-state index contributed by atoms with van der Waals surface area (Å²) in [6.07, 6.45) is -18.2. The summed E-state index contributed by atoms with van der Waals surface area (Å²) in [6, 6.07) is 13.1. The van der Waals surface area contributed by atoms with Crippen LogP contribution in [0.15, 0.2) is 66.7 Å². The molecule has 2 N–H and O–H groups in total. The lowest BCUT2D eigenvalue weighted by Gasteiger charge is -2.38. The van der Waals surface area contributed by atoms with Gasteiger partial charge in [-0.05, 0) is 61.2 Å². The Bertz CT molecular complexity index is 1300. The number of benzene rings is 3. The average molecular weight is 596 g/mol. The van der Waals surface area contributed by atoms with Crippen molar-refractivity contribution in [3.63, 3.8) is 0 Å². The molecule has 0 heterocycles. The molecule has 3 rings (SSSR count). The summed E-state index contributed by atoms with van der Waals surface area (Å²) in [5, 5.41) is 12.4. The van der Waals surface area contributed by atoms with Gasteiger partial charge in [0.25, 0.3) is 0 Å². The van der Waals surface area contributed by atoms with E-state index in [1.54, 1.807) is 44.2 Å². The van der Waals surface area contributed by atoms with Crippen LogP contribution in [0.25, 0.3) is 0 Å². The van der Waals surface area contributed by atoms with Gasteiger partial charge in [-0.2, -0.15) is 30.7 Å². The molecule has 224 valence electrons. The Kier molecular flexibility index (Phi) is 9.85. The highest BCUT2D eigenvalue weighted by molar-refractivity contribution is 5.47. The Morgan fingerprint density at radius 1 is 0.854 bits per heavy atom. The minimum absolute atomic E-state index is 0.0232. The number of nitrogens with one attached hydrogen (secondary N) is 1. The molecule has 0 bridgehead atoms. The van der Waals surface area contributed by atoms with Gasteiger partial charge in [0.05, 0.1) is 11.6 Å². The molecule has 0 aromatic heterocycles. The molecule has 0 saturated carbocycles. The van der Waals surface area contributed by atoms with E-state index in [1.807, 2.05) is 0 Å². The second-order valence-corrected chi connectivity index (χ2v) is 9.46. The Morgan fingerprint density at radius 3 is 2.10 bits per heavy atom. The predicted octanol–water partition coefficient (Wildman–Crippen LogP) is 6.99. The highest BCUT2D eigenvalue weighted by Crippen LogP contribution is 2.39. The van der Waals surface area contributed by atoms with E-state index in [0.717, 1.165) is 30.3 Å². The van der Waals surface area contributed by atoms with E-state index in [1.165, 1.54) is 0 Å². The van der Waals surface area contributed by atoms with Crippen LogP contribution in [-0.2, 0) is 12.0 Å². The van der Waals surface area contributed by atoms with Crippen molar-refractivity contribution in [3.05, 3.63) is 95.1 Å². The Hall–Kier alpha value is -3.45. The van der Waals surface area contributed by atoms with Gasteiger partial charge in [0, 0.05) is 12.6 Å². The summed E-state index contributed by atoms with van der Waals surface area (Å²) < 4.78 is 132. The Morgan fingerprint density at radius 2 is 1.51 bits per heavy atom. The van der Waals surface area contributed by atoms with Gasteiger partial charge >= 0.3 is 18.7 Å². The molecule has 0 aliphatic heterocycles. The molecule has 3 aromatic carbocycles. The van der Waals surface area contributed by atoms with Crippen molar-refractivity contribution in [1.29, 1.82) is 0 Å². The molecule has 0 aliphatic carbocycles. The zero-order valence-corrected chi connectivity index (χ0v) is 21.7. The second kappa shape index (κ2) is 12.6. The lowest BCUT2D eigenvalue weighted by atomic mass is 9.77. The van der Waals surface area contributed by atoms with Gasteiger partial charge in [0.2, 0.25) is 0 Å². The molecule has 2 atom stereocenters. The summed E-state index contributed by atoms with van der Waals surface area (Å²) in [6.45, 7) is 1.98. The van der Waals surface area contributed by atoms with Crippen LogP contribution in [0.4, 0.5) is 39.5 Å². The monoisotopic (exact) mass is 595 g/mol. The van der Waals surface area contributed by atoms with Crippen molar-refractivity contribution in [2.45, 2.75) is 56.7 Å². The van der Waals surface area contributed by atoms with E-state index in [2.05, 4.69) is 10.1 Å². The van der Waals surface area contributed by atoms with Gasteiger partial charge in [-0.15, -0.1) is 0 Å². The van der Waals surface area contributed by atoms with Crippen LogP contribution in [-0.4, -0.2) is 42.6 Å². The van der Waals surface area contributed by atoms with Crippen LogP contribution >= 0.6 is 0 Å². The van der Waals surface area contributed by atoms with E-state index in [0.29, 0.717) is 11.6 Å². The molecule has 0 fully saturated rings. The molecular formula is C28H26F9NO3. The summed E-state index contributed by atoms with van der Waals surface area (Å²) >= 11 is 0. The van der Waals surface area contributed by atoms with Crippen LogP contribution in [0.3, 0.4) is 0 Å². The first-order chi connectivity index (χ1) is 19.0. The first-order valence-electron chi connectivity index (χ1n) is 12.2. The molecule has 4 nitrogen and oxygen atoms in total. The van der Waals surface area contributed by atoms with Crippen molar-refractivity contribution >= 4 is 0 Å². The number of hydrogen-bond acceptors (Lipinski definition) is 4. The maximum Gasteiger partial charge on any atom is 0.461 e. The third-order valence-corrected chi connectivity index (χ3v) is 5.95. The van der Waals surface area contributed by atoms with Gasteiger partial charge < -0.3 is 19.9 Å². The third-order valence-electron chi connectivity index (χ3n) is 5.95. The van der Waals surface area contributed by atoms with Crippen molar-refractivity contribution < 1.29 is 54.1 Å². The minimum Gasteiger partial charge on any atom is -0.488 e. The van der Waals surface area contributed by atoms with E-state index >= 15 is 0 Å². The number of alkyl halides is 7. The van der Waals surface area contributed by atoms with Crippen LogP contribution in [0, 0.1) is 11.6 Å². The number of aliphatic hydroxyl groups excluding tert-OH is 1. The Labute approximate surface area is 229 Å². The third kappa shape index (κ3) is 8.07. The molecule has 13 heteroatoms.